The molecule has 2 heterocycles. The monoisotopic (exact) mass is 430 g/mol. The fraction of sp³-hybridized carbons (Fsp3) is 0.652. The van der Waals surface area contributed by atoms with Crippen molar-refractivity contribution in [3.8, 4) is 11.4 Å². The molecule has 3 rings (SSSR count). The zero-order valence-electron chi connectivity index (χ0n) is 19.3. The Labute approximate surface area is 187 Å². The lowest BCUT2D eigenvalue weighted by molar-refractivity contribution is 0.0950. The van der Waals surface area contributed by atoms with Crippen molar-refractivity contribution in [1.29, 1.82) is 0 Å². The molecule has 0 unspecified atom stereocenters. The van der Waals surface area contributed by atoms with Gasteiger partial charge in [-0.2, -0.15) is 5.10 Å². The summed E-state index contributed by atoms with van der Waals surface area (Å²) in [5, 5.41) is 4.93. The molecule has 1 aliphatic rings. The molecule has 0 spiro atoms. The number of aromatic nitrogens is 3. The Kier molecular flexibility index (Phi) is 8.08. The van der Waals surface area contributed by atoms with Gasteiger partial charge in [-0.05, 0) is 63.2 Å². The molecule has 1 fully saturated rings. The molecule has 1 aliphatic heterocycles. The molecular weight excluding hydrogens is 392 g/mol. The van der Waals surface area contributed by atoms with Crippen LogP contribution in [0.1, 0.15) is 34.6 Å². The van der Waals surface area contributed by atoms with Gasteiger partial charge >= 0.3 is 0 Å². The van der Waals surface area contributed by atoms with Gasteiger partial charge in [-0.1, -0.05) is 13.8 Å². The quantitative estimate of drug-likeness (QED) is 0.557. The molecule has 30 heavy (non-hydrogen) atoms. The third kappa shape index (κ3) is 5.31. The summed E-state index contributed by atoms with van der Waals surface area (Å²) in [6, 6.07) is 8.73. The normalized spacial score (nSPS) is 15.8. The first kappa shape index (κ1) is 23.0. The zero-order valence-corrected chi connectivity index (χ0v) is 20.2. The van der Waals surface area contributed by atoms with Crippen molar-refractivity contribution in [3.63, 3.8) is 0 Å². The molecule has 0 aliphatic carbocycles. The minimum atomic E-state index is 0.723. The van der Waals surface area contributed by atoms with Crippen LogP contribution in [0.15, 0.2) is 24.3 Å². The van der Waals surface area contributed by atoms with Crippen LogP contribution in [-0.4, -0.2) is 70.0 Å². The van der Waals surface area contributed by atoms with Gasteiger partial charge < -0.3 is 14.4 Å². The first-order valence-corrected chi connectivity index (χ1v) is 11.8. The summed E-state index contributed by atoms with van der Waals surface area (Å²) in [7, 11) is 0. The van der Waals surface area contributed by atoms with Gasteiger partial charge in [0.05, 0.1) is 6.67 Å². The van der Waals surface area contributed by atoms with Crippen LogP contribution in [0.5, 0.6) is 0 Å². The molecular formula is C23H38N6S. The van der Waals surface area contributed by atoms with Gasteiger partial charge in [-0.25, -0.2) is 4.68 Å². The van der Waals surface area contributed by atoms with E-state index in [0.29, 0.717) is 0 Å². The van der Waals surface area contributed by atoms with Crippen LogP contribution in [0.25, 0.3) is 11.4 Å². The van der Waals surface area contributed by atoms with Gasteiger partial charge in [0.25, 0.3) is 0 Å². The summed E-state index contributed by atoms with van der Waals surface area (Å²) in [5.74, 6) is 1.69. The summed E-state index contributed by atoms with van der Waals surface area (Å²) in [6.07, 6.45) is 0. The number of rotatable bonds is 9. The van der Waals surface area contributed by atoms with E-state index >= 15 is 0 Å². The average Bonchev–Trinajstić information content (AvgIpc) is 3.06. The molecule has 0 radical (unpaired) electrons. The Balaban J connectivity index is 1.74. The van der Waals surface area contributed by atoms with Crippen molar-refractivity contribution in [2.45, 2.75) is 47.8 Å². The highest BCUT2D eigenvalue weighted by atomic mass is 32.1. The Bertz CT molecular complexity index is 842. The van der Waals surface area contributed by atoms with E-state index in [9.17, 15) is 0 Å². The maximum Gasteiger partial charge on any atom is 0.199 e. The van der Waals surface area contributed by atoms with E-state index in [1.807, 2.05) is 4.68 Å². The molecule has 166 valence electrons. The van der Waals surface area contributed by atoms with Gasteiger partial charge in [0.15, 0.2) is 10.6 Å². The molecule has 2 aromatic rings. The second kappa shape index (κ2) is 10.6. The molecule has 1 aromatic heterocycles. The fourth-order valence-electron chi connectivity index (χ4n) is 4.26. The molecule has 1 aromatic carbocycles. The van der Waals surface area contributed by atoms with Crippen molar-refractivity contribution < 1.29 is 0 Å². The number of anilines is 1. The van der Waals surface area contributed by atoms with Crippen LogP contribution < -0.4 is 4.90 Å². The van der Waals surface area contributed by atoms with Gasteiger partial charge in [0.2, 0.25) is 0 Å². The number of piperazine rings is 1. The van der Waals surface area contributed by atoms with E-state index in [1.54, 1.807) is 0 Å². The van der Waals surface area contributed by atoms with E-state index in [-0.39, 0.29) is 0 Å². The predicted molar refractivity (Wildman–Crippen MR) is 129 cm³/mol. The first-order chi connectivity index (χ1) is 14.5. The molecule has 1 saturated heterocycles. The van der Waals surface area contributed by atoms with Gasteiger partial charge in [0, 0.05) is 63.6 Å². The maximum absolute atomic E-state index is 5.78. The second-order valence-electron chi connectivity index (χ2n) is 8.52. The minimum absolute atomic E-state index is 0.723. The van der Waals surface area contributed by atoms with Crippen molar-refractivity contribution in [2.24, 2.45) is 5.92 Å². The van der Waals surface area contributed by atoms with E-state index in [0.717, 1.165) is 74.6 Å². The third-order valence-corrected chi connectivity index (χ3v) is 6.35. The largest absolute Gasteiger partial charge is 0.372 e. The molecule has 0 atom stereocenters. The highest BCUT2D eigenvalue weighted by molar-refractivity contribution is 7.71. The SMILES string of the molecule is CCN(CC)c1ccc(-c2nn(CN3CCN(CC(C)C)CC3)c(=S)n2CC)cc1. The lowest BCUT2D eigenvalue weighted by Gasteiger charge is -2.35. The minimum Gasteiger partial charge on any atom is -0.372 e. The highest BCUT2D eigenvalue weighted by Crippen LogP contribution is 2.23. The van der Waals surface area contributed by atoms with Crippen LogP contribution in [-0.2, 0) is 13.2 Å². The van der Waals surface area contributed by atoms with Gasteiger partial charge in [-0.15, -0.1) is 0 Å². The fourth-order valence-corrected chi connectivity index (χ4v) is 4.58. The number of nitrogens with zero attached hydrogens (tertiary/aromatic N) is 6. The Morgan fingerprint density at radius 1 is 0.967 bits per heavy atom. The lowest BCUT2D eigenvalue weighted by Crippen LogP contribution is -2.47. The number of hydrogen-bond acceptors (Lipinski definition) is 5. The predicted octanol–water partition coefficient (Wildman–Crippen LogP) is 4.18. The van der Waals surface area contributed by atoms with E-state index < -0.39 is 0 Å². The van der Waals surface area contributed by atoms with Gasteiger partial charge in [0.1, 0.15) is 0 Å². The van der Waals surface area contributed by atoms with Crippen molar-refractivity contribution in [2.75, 3.05) is 50.7 Å². The van der Waals surface area contributed by atoms with Crippen molar-refractivity contribution >= 4 is 17.9 Å². The molecule has 0 amide bonds. The molecule has 0 N–H and O–H groups in total. The molecule has 0 saturated carbocycles. The van der Waals surface area contributed by atoms with Crippen molar-refractivity contribution in [1.82, 2.24) is 24.1 Å². The first-order valence-electron chi connectivity index (χ1n) is 11.4. The third-order valence-electron chi connectivity index (χ3n) is 5.92. The second-order valence-corrected chi connectivity index (χ2v) is 8.89. The zero-order chi connectivity index (χ0) is 21.7. The molecule has 0 bridgehead atoms. The number of benzene rings is 1. The highest BCUT2D eigenvalue weighted by Gasteiger charge is 2.19. The molecule has 7 heteroatoms. The Hall–Kier alpha value is -1.70. The smallest absolute Gasteiger partial charge is 0.199 e. The summed E-state index contributed by atoms with van der Waals surface area (Å²) in [4.78, 5) is 7.38. The summed E-state index contributed by atoms with van der Waals surface area (Å²) in [6.45, 7) is 20.3. The lowest BCUT2D eigenvalue weighted by atomic mass is 10.2. The van der Waals surface area contributed by atoms with Crippen molar-refractivity contribution in [3.05, 3.63) is 29.0 Å². The van der Waals surface area contributed by atoms with Crippen LogP contribution >= 0.6 is 12.2 Å². The summed E-state index contributed by atoms with van der Waals surface area (Å²) < 4.78 is 4.96. The van der Waals surface area contributed by atoms with Gasteiger partial charge in [-0.3, -0.25) is 4.90 Å². The van der Waals surface area contributed by atoms with Crippen LogP contribution in [0.2, 0.25) is 0 Å². The van der Waals surface area contributed by atoms with E-state index in [2.05, 4.69) is 78.2 Å². The average molecular weight is 431 g/mol. The standard InChI is InChI=1S/C23H38N6S/c1-6-27(7-2)21-11-9-20(10-12-21)22-24-29(23(30)28(22)8-3)18-26-15-13-25(14-16-26)17-19(4)5/h9-12,19H,6-8,13-18H2,1-5H3. The van der Waals surface area contributed by atoms with E-state index in [4.69, 9.17) is 17.3 Å². The summed E-state index contributed by atoms with van der Waals surface area (Å²) >= 11 is 5.78. The topological polar surface area (TPSA) is 32.5 Å². The Morgan fingerprint density at radius 3 is 2.10 bits per heavy atom. The van der Waals surface area contributed by atoms with E-state index in [1.165, 1.54) is 12.2 Å². The van der Waals surface area contributed by atoms with Crippen LogP contribution in [0, 0.1) is 10.7 Å². The van der Waals surface area contributed by atoms with Crippen LogP contribution in [0.4, 0.5) is 5.69 Å². The molecule has 6 nitrogen and oxygen atoms in total. The number of hydrogen-bond donors (Lipinski definition) is 0. The maximum atomic E-state index is 5.78. The summed E-state index contributed by atoms with van der Waals surface area (Å²) in [5.41, 5.74) is 2.38. The Morgan fingerprint density at radius 2 is 1.57 bits per heavy atom. The van der Waals surface area contributed by atoms with Crippen LogP contribution in [0.3, 0.4) is 0 Å².